The molecule has 0 saturated heterocycles. The molecule has 3 rings (SSSR count). The van der Waals surface area contributed by atoms with Gasteiger partial charge in [-0.05, 0) is 23.8 Å². The van der Waals surface area contributed by atoms with Gasteiger partial charge in [0.2, 0.25) is 0 Å². The third-order valence-electron chi connectivity index (χ3n) is 2.69. The lowest BCUT2D eigenvalue weighted by atomic mass is 10.2. The van der Waals surface area contributed by atoms with Crippen LogP contribution in [0.1, 0.15) is 5.56 Å². The largest absolute Gasteiger partial charge is 0.489 e. The molecule has 83 valence electrons. The average Bonchev–Trinajstić information content (AvgIpc) is 2.85. The molecule has 2 aromatic carbocycles. The van der Waals surface area contributed by atoms with Crippen molar-refractivity contribution in [2.75, 3.05) is 0 Å². The first kappa shape index (κ1) is 9.97. The molecule has 3 aromatic rings. The number of fused-ring (bicyclic) bond motifs is 1. The van der Waals surface area contributed by atoms with Crippen molar-refractivity contribution in [1.82, 2.24) is 4.98 Å². The number of H-pyrrole nitrogens is 1. The fraction of sp³-hybridized carbons (Fsp3) is 0.0667. The minimum atomic E-state index is 0.594. The highest BCUT2D eigenvalue weighted by molar-refractivity contribution is 5.80. The zero-order chi connectivity index (χ0) is 11.5. The second-order valence-corrected chi connectivity index (χ2v) is 3.91. The Morgan fingerprint density at radius 2 is 1.94 bits per heavy atom. The molecule has 0 saturated carbocycles. The molecular weight excluding hydrogens is 210 g/mol. The van der Waals surface area contributed by atoms with Crippen LogP contribution in [0.15, 0.2) is 54.7 Å². The van der Waals surface area contributed by atoms with Crippen molar-refractivity contribution in [1.29, 1.82) is 0 Å². The van der Waals surface area contributed by atoms with Gasteiger partial charge in [0.15, 0.2) is 0 Å². The van der Waals surface area contributed by atoms with Gasteiger partial charge < -0.3 is 9.72 Å². The standard InChI is InChI=1S/C15H12NO/c1-2-4-12(5-3-1)11-17-14-6-7-15-13(10-14)8-9-16-15/h1-7,9-10,16H,11H2. The molecule has 0 aliphatic heterocycles. The quantitative estimate of drug-likeness (QED) is 0.720. The number of hydrogen-bond donors (Lipinski definition) is 1. The summed E-state index contributed by atoms with van der Waals surface area (Å²) in [5.41, 5.74) is 2.25. The molecule has 0 aliphatic rings. The summed E-state index contributed by atoms with van der Waals surface area (Å²) in [5.74, 6) is 0.872. The highest BCUT2D eigenvalue weighted by atomic mass is 16.5. The monoisotopic (exact) mass is 222 g/mol. The van der Waals surface area contributed by atoms with Crippen molar-refractivity contribution in [2.45, 2.75) is 6.61 Å². The fourth-order valence-corrected chi connectivity index (χ4v) is 1.79. The van der Waals surface area contributed by atoms with E-state index in [2.05, 4.69) is 23.2 Å². The molecule has 0 bridgehead atoms. The highest BCUT2D eigenvalue weighted by Crippen LogP contribution is 2.20. The van der Waals surface area contributed by atoms with Crippen LogP contribution in [-0.2, 0) is 6.61 Å². The van der Waals surface area contributed by atoms with Gasteiger partial charge in [0.1, 0.15) is 12.4 Å². The van der Waals surface area contributed by atoms with Crippen LogP contribution in [0, 0.1) is 6.07 Å². The number of aromatic nitrogens is 1. The first-order chi connectivity index (χ1) is 8.42. The van der Waals surface area contributed by atoms with Gasteiger partial charge >= 0.3 is 0 Å². The van der Waals surface area contributed by atoms with E-state index < -0.39 is 0 Å². The lowest BCUT2D eigenvalue weighted by Crippen LogP contribution is -1.94. The number of rotatable bonds is 3. The molecule has 0 atom stereocenters. The molecule has 0 aliphatic carbocycles. The molecule has 2 nitrogen and oxygen atoms in total. The van der Waals surface area contributed by atoms with E-state index in [1.165, 1.54) is 5.56 Å². The van der Waals surface area contributed by atoms with Crippen molar-refractivity contribution in [2.24, 2.45) is 0 Å². The zero-order valence-electron chi connectivity index (χ0n) is 9.31. The number of hydrogen-bond acceptors (Lipinski definition) is 1. The van der Waals surface area contributed by atoms with Gasteiger partial charge in [0.05, 0.1) is 0 Å². The predicted molar refractivity (Wildman–Crippen MR) is 67.9 cm³/mol. The lowest BCUT2D eigenvalue weighted by molar-refractivity contribution is 0.306. The van der Waals surface area contributed by atoms with Gasteiger partial charge in [-0.25, -0.2) is 0 Å². The van der Waals surface area contributed by atoms with Crippen molar-refractivity contribution in [3.05, 3.63) is 66.4 Å². The minimum absolute atomic E-state index is 0.594. The SMILES string of the molecule is [c]1c[nH]c2ccc(OCc3ccccc3)cc12. The summed E-state index contributed by atoms with van der Waals surface area (Å²) in [7, 11) is 0. The number of nitrogens with one attached hydrogen (secondary N) is 1. The Morgan fingerprint density at radius 1 is 1.06 bits per heavy atom. The van der Waals surface area contributed by atoms with Gasteiger partial charge in [-0.15, -0.1) is 0 Å². The van der Waals surface area contributed by atoms with Gasteiger partial charge in [-0.3, -0.25) is 0 Å². The van der Waals surface area contributed by atoms with Crippen LogP contribution in [0.2, 0.25) is 0 Å². The van der Waals surface area contributed by atoms with Crippen LogP contribution in [0.3, 0.4) is 0 Å². The first-order valence-electron chi connectivity index (χ1n) is 5.57. The summed E-state index contributed by atoms with van der Waals surface area (Å²) in [6.07, 6.45) is 1.81. The van der Waals surface area contributed by atoms with E-state index in [-0.39, 0.29) is 0 Å². The van der Waals surface area contributed by atoms with Crippen LogP contribution in [-0.4, -0.2) is 4.98 Å². The summed E-state index contributed by atoms with van der Waals surface area (Å²) < 4.78 is 5.74. The van der Waals surface area contributed by atoms with Crippen LogP contribution in [0.4, 0.5) is 0 Å². The molecule has 1 aromatic heterocycles. The summed E-state index contributed by atoms with van der Waals surface area (Å²) in [5, 5.41) is 1.05. The number of ether oxygens (including phenoxy) is 1. The maximum atomic E-state index is 5.74. The molecule has 17 heavy (non-hydrogen) atoms. The Morgan fingerprint density at radius 3 is 2.82 bits per heavy atom. The zero-order valence-corrected chi connectivity index (χ0v) is 9.31. The Labute approximate surface area is 99.9 Å². The molecule has 1 N–H and O–H groups in total. The topological polar surface area (TPSA) is 25.0 Å². The van der Waals surface area contributed by atoms with E-state index >= 15 is 0 Å². The normalized spacial score (nSPS) is 10.6. The summed E-state index contributed by atoms with van der Waals surface area (Å²) >= 11 is 0. The van der Waals surface area contributed by atoms with Crippen molar-refractivity contribution >= 4 is 10.9 Å². The minimum Gasteiger partial charge on any atom is -0.489 e. The van der Waals surface area contributed by atoms with Gasteiger partial charge in [-0.2, -0.15) is 0 Å². The third-order valence-corrected chi connectivity index (χ3v) is 2.69. The van der Waals surface area contributed by atoms with E-state index in [1.807, 2.05) is 42.6 Å². The van der Waals surface area contributed by atoms with Gasteiger partial charge in [0.25, 0.3) is 0 Å². The van der Waals surface area contributed by atoms with E-state index in [1.54, 1.807) is 0 Å². The average molecular weight is 222 g/mol. The summed E-state index contributed by atoms with van der Waals surface area (Å²) in [4.78, 5) is 3.11. The van der Waals surface area contributed by atoms with Crippen molar-refractivity contribution < 1.29 is 4.74 Å². The lowest BCUT2D eigenvalue weighted by Gasteiger charge is -2.06. The van der Waals surface area contributed by atoms with Gasteiger partial charge in [0, 0.05) is 23.2 Å². The van der Waals surface area contributed by atoms with Crippen molar-refractivity contribution in [3.8, 4) is 5.75 Å². The fourth-order valence-electron chi connectivity index (χ4n) is 1.79. The predicted octanol–water partition coefficient (Wildman–Crippen LogP) is 3.55. The maximum absolute atomic E-state index is 5.74. The second kappa shape index (κ2) is 4.34. The number of aromatic amines is 1. The van der Waals surface area contributed by atoms with E-state index in [9.17, 15) is 0 Å². The van der Waals surface area contributed by atoms with Crippen LogP contribution < -0.4 is 4.74 Å². The summed E-state index contributed by atoms with van der Waals surface area (Å²) in [6.45, 7) is 0.594. The Kier molecular flexibility index (Phi) is 2.54. The van der Waals surface area contributed by atoms with Crippen molar-refractivity contribution in [3.63, 3.8) is 0 Å². The third kappa shape index (κ3) is 2.16. The van der Waals surface area contributed by atoms with Crippen LogP contribution in [0.5, 0.6) is 5.75 Å². The van der Waals surface area contributed by atoms with Crippen LogP contribution in [0.25, 0.3) is 10.9 Å². The number of benzene rings is 2. The molecule has 1 heterocycles. The van der Waals surface area contributed by atoms with E-state index in [4.69, 9.17) is 4.74 Å². The second-order valence-electron chi connectivity index (χ2n) is 3.91. The smallest absolute Gasteiger partial charge is 0.120 e. The molecule has 0 fully saturated rings. The first-order valence-corrected chi connectivity index (χ1v) is 5.57. The molecule has 0 amide bonds. The Bertz CT molecular complexity index is 613. The van der Waals surface area contributed by atoms with Crippen LogP contribution >= 0.6 is 0 Å². The molecule has 2 heteroatoms. The Hall–Kier alpha value is -2.22. The molecule has 1 radical (unpaired) electrons. The summed E-state index contributed by atoms with van der Waals surface area (Å²) in [6, 6.07) is 19.2. The highest BCUT2D eigenvalue weighted by Gasteiger charge is 1.98. The maximum Gasteiger partial charge on any atom is 0.120 e. The van der Waals surface area contributed by atoms with Gasteiger partial charge in [-0.1, -0.05) is 30.3 Å². The van der Waals surface area contributed by atoms with E-state index in [0.717, 1.165) is 16.7 Å². The molecular formula is C15H12NO. The van der Waals surface area contributed by atoms with E-state index in [0.29, 0.717) is 6.61 Å². The molecule has 0 spiro atoms. The molecule has 0 unspecified atom stereocenters. The Balaban J connectivity index is 1.76.